The van der Waals surface area contributed by atoms with Crippen molar-refractivity contribution in [3.8, 4) is 17.0 Å². The highest BCUT2D eigenvalue weighted by Gasteiger charge is 2.22. The number of benzene rings is 1. The molecule has 2 aromatic heterocycles. The third-order valence-corrected chi connectivity index (χ3v) is 4.94. The van der Waals surface area contributed by atoms with Crippen LogP contribution in [0.25, 0.3) is 11.3 Å². The zero-order valence-electron chi connectivity index (χ0n) is 13.6. The number of anilines is 2. The van der Waals surface area contributed by atoms with Gasteiger partial charge < -0.3 is 19.9 Å². The molecule has 1 aromatic carbocycles. The summed E-state index contributed by atoms with van der Waals surface area (Å²) in [5.41, 5.74) is 10.8. The van der Waals surface area contributed by atoms with E-state index in [1.807, 2.05) is 31.4 Å². The summed E-state index contributed by atoms with van der Waals surface area (Å²) in [6, 6.07) is 6.13. The van der Waals surface area contributed by atoms with Crippen LogP contribution in [0.3, 0.4) is 0 Å². The van der Waals surface area contributed by atoms with Crippen molar-refractivity contribution >= 4 is 22.2 Å². The molecule has 1 aliphatic heterocycles. The van der Waals surface area contributed by atoms with Gasteiger partial charge in [0.05, 0.1) is 23.6 Å². The summed E-state index contributed by atoms with van der Waals surface area (Å²) < 4.78 is 11.1. The van der Waals surface area contributed by atoms with Crippen molar-refractivity contribution in [3.63, 3.8) is 0 Å². The van der Waals surface area contributed by atoms with Gasteiger partial charge in [-0.3, -0.25) is 0 Å². The Morgan fingerprint density at radius 3 is 2.92 bits per heavy atom. The lowest BCUT2D eigenvalue weighted by molar-refractivity contribution is 0.306. The van der Waals surface area contributed by atoms with Crippen molar-refractivity contribution in [3.05, 3.63) is 40.6 Å². The van der Waals surface area contributed by atoms with Crippen LogP contribution >= 0.6 is 11.3 Å². The molecular weight excluding hydrogens is 324 g/mol. The molecule has 0 amide bonds. The lowest BCUT2D eigenvalue weighted by atomic mass is 10.1. The maximum atomic E-state index is 5.81. The minimum Gasteiger partial charge on any atom is -0.490 e. The summed E-state index contributed by atoms with van der Waals surface area (Å²) in [5, 5.41) is 6.60. The van der Waals surface area contributed by atoms with Crippen LogP contribution in [0.1, 0.15) is 17.0 Å². The predicted molar refractivity (Wildman–Crippen MR) is 94.5 cm³/mol. The first-order chi connectivity index (χ1) is 11.6. The largest absolute Gasteiger partial charge is 0.490 e. The second kappa shape index (κ2) is 5.83. The molecule has 6 nitrogen and oxygen atoms in total. The highest BCUT2D eigenvalue weighted by Crippen LogP contribution is 2.37. The third kappa shape index (κ3) is 2.60. The van der Waals surface area contributed by atoms with Crippen molar-refractivity contribution in [1.29, 1.82) is 0 Å². The van der Waals surface area contributed by atoms with Gasteiger partial charge in [0.1, 0.15) is 18.1 Å². The second-order valence-corrected chi connectivity index (χ2v) is 6.72. The van der Waals surface area contributed by atoms with Gasteiger partial charge in [-0.1, -0.05) is 5.16 Å². The molecule has 4 rings (SSSR count). The molecule has 1 aliphatic rings. The maximum Gasteiger partial charge on any atom is 0.180 e. The lowest BCUT2D eigenvalue weighted by Gasteiger charge is -2.31. The molecule has 0 fully saturated rings. The van der Waals surface area contributed by atoms with Crippen LogP contribution in [-0.2, 0) is 6.54 Å². The predicted octanol–water partition coefficient (Wildman–Crippen LogP) is 3.40. The number of aryl methyl sites for hydroxylation is 2. The zero-order valence-corrected chi connectivity index (χ0v) is 14.4. The van der Waals surface area contributed by atoms with Gasteiger partial charge in [0.15, 0.2) is 5.13 Å². The topological polar surface area (TPSA) is 77.4 Å². The summed E-state index contributed by atoms with van der Waals surface area (Å²) in [6.07, 6.45) is 0. The normalized spacial score (nSPS) is 13.7. The Balaban J connectivity index is 1.70. The molecule has 0 aliphatic carbocycles. The standard InChI is InChI=1S/C17H18N4O2S/c1-10-13(11(2)23-20-10)8-21-5-6-22-16-4-3-12(7-15(16)21)14-9-24-17(18)19-14/h3-4,7,9H,5-6,8H2,1-2H3,(H2,18,19). The molecule has 3 aromatic rings. The summed E-state index contributed by atoms with van der Waals surface area (Å²) in [5.74, 6) is 1.75. The molecule has 2 N–H and O–H groups in total. The Bertz CT molecular complexity index is 867. The Morgan fingerprint density at radius 2 is 2.21 bits per heavy atom. The first-order valence-corrected chi connectivity index (χ1v) is 8.64. The van der Waals surface area contributed by atoms with Crippen LogP contribution in [0.2, 0.25) is 0 Å². The molecule has 0 unspecified atom stereocenters. The number of hydrogen-bond acceptors (Lipinski definition) is 7. The number of nitrogens with two attached hydrogens (primary N) is 1. The minimum atomic E-state index is 0.576. The SMILES string of the molecule is Cc1noc(C)c1CN1CCOc2ccc(-c3csc(N)n3)cc21. The third-order valence-electron chi connectivity index (χ3n) is 4.27. The Kier molecular flexibility index (Phi) is 3.65. The summed E-state index contributed by atoms with van der Waals surface area (Å²) in [6.45, 7) is 6.16. The molecule has 0 atom stereocenters. The van der Waals surface area contributed by atoms with E-state index in [0.29, 0.717) is 11.7 Å². The number of aromatic nitrogens is 2. The van der Waals surface area contributed by atoms with E-state index in [1.54, 1.807) is 0 Å². The van der Waals surface area contributed by atoms with Gasteiger partial charge in [-0.2, -0.15) is 0 Å². The van der Waals surface area contributed by atoms with Crippen molar-refractivity contribution < 1.29 is 9.26 Å². The fourth-order valence-corrected chi connectivity index (χ4v) is 3.51. The van der Waals surface area contributed by atoms with Crippen molar-refractivity contribution in [1.82, 2.24) is 10.1 Å². The molecule has 7 heteroatoms. The minimum absolute atomic E-state index is 0.576. The molecule has 124 valence electrons. The highest BCUT2D eigenvalue weighted by atomic mass is 32.1. The summed E-state index contributed by atoms with van der Waals surface area (Å²) in [7, 11) is 0. The van der Waals surface area contributed by atoms with Crippen LogP contribution < -0.4 is 15.4 Å². The van der Waals surface area contributed by atoms with Crippen LogP contribution in [0.5, 0.6) is 5.75 Å². The highest BCUT2D eigenvalue weighted by molar-refractivity contribution is 7.13. The molecule has 3 heterocycles. The molecule has 0 saturated carbocycles. The van der Waals surface area contributed by atoms with Crippen molar-refractivity contribution in [2.75, 3.05) is 23.8 Å². The van der Waals surface area contributed by atoms with Gasteiger partial charge in [-0.05, 0) is 32.0 Å². The fourth-order valence-electron chi connectivity index (χ4n) is 2.94. The zero-order chi connectivity index (χ0) is 16.7. The Labute approximate surface area is 143 Å². The van der Waals surface area contributed by atoms with Crippen LogP contribution in [-0.4, -0.2) is 23.3 Å². The van der Waals surface area contributed by atoms with Gasteiger partial charge in [0, 0.05) is 23.1 Å². The monoisotopic (exact) mass is 342 g/mol. The van der Waals surface area contributed by atoms with E-state index in [4.69, 9.17) is 15.0 Å². The van der Waals surface area contributed by atoms with E-state index >= 15 is 0 Å². The van der Waals surface area contributed by atoms with Gasteiger partial charge in [-0.25, -0.2) is 4.98 Å². The first-order valence-electron chi connectivity index (χ1n) is 7.77. The molecular formula is C17H18N4O2S. The maximum absolute atomic E-state index is 5.81. The quantitative estimate of drug-likeness (QED) is 0.786. The van der Waals surface area contributed by atoms with Crippen molar-refractivity contribution in [2.24, 2.45) is 0 Å². The van der Waals surface area contributed by atoms with Gasteiger partial charge in [0.25, 0.3) is 0 Å². The van der Waals surface area contributed by atoms with Crippen LogP contribution in [0.15, 0.2) is 28.1 Å². The van der Waals surface area contributed by atoms with E-state index in [1.165, 1.54) is 11.3 Å². The molecule has 0 saturated heterocycles. The first kappa shape index (κ1) is 15.0. The molecule has 0 spiro atoms. The van der Waals surface area contributed by atoms with Crippen molar-refractivity contribution in [2.45, 2.75) is 20.4 Å². The molecule has 24 heavy (non-hydrogen) atoms. The summed E-state index contributed by atoms with van der Waals surface area (Å²) >= 11 is 1.45. The van der Waals surface area contributed by atoms with E-state index in [-0.39, 0.29) is 0 Å². The number of thiazole rings is 1. The molecule has 0 bridgehead atoms. The lowest BCUT2D eigenvalue weighted by Crippen LogP contribution is -2.32. The number of ether oxygens (including phenoxy) is 1. The second-order valence-electron chi connectivity index (χ2n) is 5.83. The number of rotatable bonds is 3. The molecule has 0 radical (unpaired) electrons. The van der Waals surface area contributed by atoms with E-state index in [2.05, 4.69) is 21.1 Å². The van der Waals surface area contributed by atoms with Gasteiger partial charge in [-0.15, -0.1) is 11.3 Å². The average molecular weight is 342 g/mol. The van der Waals surface area contributed by atoms with Crippen LogP contribution in [0.4, 0.5) is 10.8 Å². The van der Waals surface area contributed by atoms with E-state index in [9.17, 15) is 0 Å². The smallest absolute Gasteiger partial charge is 0.180 e. The van der Waals surface area contributed by atoms with Gasteiger partial charge >= 0.3 is 0 Å². The van der Waals surface area contributed by atoms with Crippen LogP contribution in [0, 0.1) is 13.8 Å². The van der Waals surface area contributed by atoms with E-state index in [0.717, 1.165) is 52.8 Å². The number of hydrogen-bond donors (Lipinski definition) is 1. The number of nitrogen functional groups attached to an aromatic ring is 1. The number of nitrogens with zero attached hydrogens (tertiary/aromatic N) is 3. The number of fused-ring (bicyclic) bond motifs is 1. The Hall–Kier alpha value is -2.54. The fraction of sp³-hybridized carbons (Fsp3) is 0.294. The van der Waals surface area contributed by atoms with Gasteiger partial charge in [0.2, 0.25) is 0 Å². The average Bonchev–Trinajstić information content (AvgIpc) is 3.15. The van der Waals surface area contributed by atoms with E-state index < -0.39 is 0 Å². The Morgan fingerprint density at radius 1 is 1.33 bits per heavy atom. The summed E-state index contributed by atoms with van der Waals surface area (Å²) in [4.78, 5) is 6.67.